The van der Waals surface area contributed by atoms with Gasteiger partial charge in [0.1, 0.15) is 0 Å². The van der Waals surface area contributed by atoms with Gasteiger partial charge in [0.15, 0.2) is 4.23 Å². The number of alkyl halides is 1. The molecule has 1 heterocycles. The van der Waals surface area contributed by atoms with E-state index >= 15 is 0 Å². The summed E-state index contributed by atoms with van der Waals surface area (Å²) in [5.41, 5.74) is 0.266. The zero-order valence-electron chi connectivity index (χ0n) is 8.63. The van der Waals surface area contributed by atoms with Gasteiger partial charge in [0.2, 0.25) is 0 Å². The highest BCUT2D eigenvalue weighted by Gasteiger charge is 2.27. The van der Waals surface area contributed by atoms with Crippen molar-refractivity contribution in [2.24, 2.45) is 0 Å². The van der Waals surface area contributed by atoms with E-state index in [1.807, 2.05) is 0 Å². The number of hydrogen-bond donors (Lipinski definition) is 1. The predicted molar refractivity (Wildman–Crippen MR) is 62.9 cm³/mol. The van der Waals surface area contributed by atoms with E-state index in [0.29, 0.717) is 0 Å². The van der Waals surface area contributed by atoms with E-state index in [2.05, 4.69) is 53.2 Å². The zero-order chi connectivity index (χ0) is 10.1. The molecule has 3 nitrogen and oxygen atoms in total. The van der Waals surface area contributed by atoms with Crippen LogP contribution < -0.4 is 0 Å². The van der Waals surface area contributed by atoms with Gasteiger partial charge in [0.25, 0.3) is 0 Å². The lowest BCUT2D eigenvalue weighted by molar-refractivity contribution is 0.0109. The molecule has 1 rings (SSSR count). The van der Waals surface area contributed by atoms with Crippen LogP contribution in [-0.2, 0) is 0 Å². The van der Waals surface area contributed by atoms with Gasteiger partial charge in [-0.3, -0.25) is 9.80 Å². The number of aliphatic hydroxyl groups is 1. The Morgan fingerprint density at radius 3 is 1.92 bits per heavy atom. The molecule has 0 aliphatic carbocycles. The number of hydrogen-bond acceptors (Lipinski definition) is 3. The maximum absolute atomic E-state index is 9.36. The monoisotopic (exact) mass is 298 g/mol. The summed E-state index contributed by atoms with van der Waals surface area (Å²) in [4.78, 5) is 4.56. The third-order valence-electron chi connectivity index (χ3n) is 2.56. The Hall–Kier alpha value is 0.610. The summed E-state index contributed by atoms with van der Waals surface area (Å²) in [6.45, 7) is 10.8. The molecule has 1 aliphatic heterocycles. The largest absolute Gasteiger partial charge is 0.369 e. The summed E-state index contributed by atoms with van der Waals surface area (Å²) >= 11 is 2.05. The van der Waals surface area contributed by atoms with Crippen molar-refractivity contribution in [3.8, 4) is 0 Å². The molecule has 1 N–H and O–H groups in total. The van der Waals surface area contributed by atoms with Crippen LogP contribution in [0, 0.1) is 0 Å². The molecule has 1 fully saturated rings. The fourth-order valence-electron chi connectivity index (χ4n) is 1.61. The molecule has 0 saturated carbocycles. The molecule has 0 aromatic rings. The van der Waals surface area contributed by atoms with Crippen LogP contribution in [0.1, 0.15) is 20.8 Å². The first kappa shape index (κ1) is 11.7. The Balaban J connectivity index is 2.39. The van der Waals surface area contributed by atoms with Crippen molar-refractivity contribution < 1.29 is 5.11 Å². The molecule has 0 aromatic heterocycles. The van der Waals surface area contributed by atoms with Gasteiger partial charge in [0.05, 0.1) is 0 Å². The number of aliphatic hydroxyl groups excluding tert-OH is 1. The van der Waals surface area contributed by atoms with Gasteiger partial charge in [-0.2, -0.15) is 0 Å². The molecule has 4 heteroatoms. The molecule has 78 valence electrons. The minimum Gasteiger partial charge on any atom is -0.369 e. The average molecular weight is 298 g/mol. The van der Waals surface area contributed by atoms with Crippen LogP contribution in [0.4, 0.5) is 0 Å². The van der Waals surface area contributed by atoms with Crippen LogP contribution in [0.5, 0.6) is 0 Å². The molecule has 1 saturated heterocycles. The lowest BCUT2D eigenvalue weighted by atomic mass is 10.1. The summed E-state index contributed by atoms with van der Waals surface area (Å²) in [6, 6.07) is 0. The van der Waals surface area contributed by atoms with Crippen molar-refractivity contribution in [2.75, 3.05) is 26.2 Å². The summed E-state index contributed by atoms with van der Waals surface area (Å²) in [5, 5.41) is 9.36. The van der Waals surface area contributed by atoms with Gasteiger partial charge in [-0.15, -0.1) is 0 Å². The van der Waals surface area contributed by atoms with Gasteiger partial charge in [-0.25, -0.2) is 0 Å². The fraction of sp³-hybridized carbons (Fsp3) is 1.00. The van der Waals surface area contributed by atoms with E-state index in [0.717, 1.165) is 26.2 Å². The summed E-state index contributed by atoms with van der Waals surface area (Å²) in [6.07, 6.45) is 0. The Morgan fingerprint density at radius 1 is 1.15 bits per heavy atom. The zero-order valence-corrected chi connectivity index (χ0v) is 10.8. The van der Waals surface area contributed by atoms with E-state index in [-0.39, 0.29) is 9.77 Å². The Morgan fingerprint density at radius 2 is 1.62 bits per heavy atom. The topological polar surface area (TPSA) is 26.7 Å². The first-order valence-corrected chi connectivity index (χ1v) is 5.97. The van der Waals surface area contributed by atoms with Crippen molar-refractivity contribution >= 4 is 22.6 Å². The van der Waals surface area contributed by atoms with Crippen molar-refractivity contribution in [2.45, 2.75) is 30.5 Å². The summed E-state index contributed by atoms with van der Waals surface area (Å²) in [7, 11) is 0. The average Bonchev–Trinajstić information content (AvgIpc) is 2.03. The summed E-state index contributed by atoms with van der Waals surface area (Å²) in [5.74, 6) is 0. The molecule has 0 spiro atoms. The number of halogens is 1. The van der Waals surface area contributed by atoms with Crippen molar-refractivity contribution in [3.63, 3.8) is 0 Å². The van der Waals surface area contributed by atoms with Crippen molar-refractivity contribution in [1.29, 1.82) is 0 Å². The minimum atomic E-state index is -0.320. The molecule has 1 aliphatic rings. The quantitative estimate of drug-likeness (QED) is 0.446. The first-order chi connectivity index (χ1) is 5.91. The Labute approximate surface area is 94.2 Å². The molecule has 1 unspecified atom stereocenters. The highest BCUT2D eigenvalue weighted by Crippen LogP contribution is 2.17. The second-order valence-corrected chi connectivity index (χ2v) is 5.62. The van der Waals surface area contributed by atoms with Gasteiger partial charge in [-0.1, -0.05) is 0 Å². The number of piperazine rings is 1. The fourth-order valence-corrected chi connectivity index (χ4v) is 2.16. The third kappa shape index (κ3) is 3.34. The molecule has 13 heavy (non-hydrogen) atoms. The smallest absolute Gasteiger partial charge is 0.160 e. The summed E-state index contributed by atoms with van der Waals surface area (Å²) < 4.78 is -0.320. The highest BCUT2D eigenvalue weighted by molar-refractivity contribution is 14.1. The van der Waals surface area contributed by atoms with Gasteiger partial charge in [-0.05, 0) is 43.4 Å². The molecule has 0 bridgehead atoms. The van der Waals surface area contributed by atoms with Crippen molar-refractivity contribution in [1.82, 2.24) is 9.80 Å². The van der Waals surface area contributed by atoms with Crippen LogP contribution in [-0.4, -0.2) is 50.9 Å². The van der Waals surface area contributed by atoms with E-state index < -0.39 is 0 Å². The molecule has 1 atom stereocenters. The highest BCUT2D eigenvalue weighted by atomic mass is 127. The third-order valence-corrected chi connectivity index (χ3v) is 3.35. The van der Waals surface area contributed by atoms with Crippen LogP contribution in [0.25, 0.3) is 0 Å². The predicted octanol–water partition coefficient (Wildman–Crippen LogP) is 1.11. The molecule has 0 aromatic carbocycles. The Bertz CT molecular complexity index is 159. The number of nitrogens with zero attached hydrogens (tertiary/aromatic N) is 2. The van der Waals surface area contributed by atoms with Gasteiger partial charge in [0, 0.05) is 31.7 Å². The lowest BCUT2D eigenvalue weighted by Crippen LogP contribution is -2.54. The SMILES string of the molecule is CC(C)(C)N1CCN(C(O)I)CC1. The molecule has 0 radical (unpaired) electrons. The van der Waals surface area contributed by atoms with Crippen LogP contribution in [0.3, 0.4) is 0 Å². The number of rotatable bonds is 1. The van der Waals surface area contributed by atoms with Crippen LogP contribution >= 0.6 is 22.6 Å². The second kappa shape index (κ2) is 4.42. The van der Waals surface area contributed by atoms with Crippen molar-refractivity contribution in [3.05, 3.63) is 0 Å². The van der Waals surface area contributed by atoms with E-state index in [1.165, 1.54) is 0 Å². The first-order valence-electron chi connectivity index (χ1n) is 4.72. The molecular formula is C9H19IN2O. The Kier molecular flexibility index (Phi) is 3.97. The van der Waals surface area contributed by atoms with Crippen LogP contribution in [0.2, 0.25) is 0 Å². The normalized spacial score (nSPS) is 24.7. The molecule has 0 amide bonds. The second-order valence-electron chi connectivity index (χ2n) is 4.50. The molecular weight excluding hydrogens is 279 g/mol. The lowest BCUT2D eigenvalue weighted by Gasteiger charge is -2.42. The van der Waals surface area contributed by atoms with Gasteiger partial charge < -0.3 is 5.11 Å². The maximum Gasteiger partial charge on any atom is 0.160 e. The van der Waals surface area contributed by atoms with E-state index in [1.54, 1.807) is 0 Å². The van der Waals surface area contributed by atoms with Crippen LogP contribution in [0.15, 0.2) is 0 Å². The minimum absolute atomic E-state index is 0.266. The van der Waals surface area contributed by atoms with E-state index in [9.17, 15) is 5.11 Å². The maximum atomic E-state index is 9.36. The van der Waals surface area contributed by atoms with E-state index in [4.69, 9.17) is 0 Å². The van der Waals surface area contributed by atoms with Gasteiger partial charge >= 0.3 is 0 Å². The standard InChI is InChI=1S/C9H19IN2O/c1-9(2,3)12-6-4-11(5-7-12)8(10)13/h8,13H,4-7H2,1-3H3.